The standard InChI is InChI=1S/C18H18N2O3S/c1-13(24)22-9-8-15-11-20-18(16(10-19)17(15)21-2)23-12-14-6-4-3-5-7-14/h3-7,11H,8-9,12H2,1-2H3. The van der Waals surface area contributed by atoms with Gasteiger partial charge in [0, 0.05) is 25.1 Å². The van der Waals surface area contributed by atoms with Crippen molar-refractivity contribution in [3.63, 3.8) is 0 Å². The van der Waals surface area contributed by atoms with E-state index in [0.717, 1.165) is 11.1 Å². The van der Waals surface area contributed by atoms with Crippen LogP contribution in [0.25, 0.3) is 0 Å². The minimum Gasteiger partial charge on any atom is -0.495 e. The molecule has 6 heteroatoms. The molecule has 0 bridgehead atoms. The minimum atomic E-state index is 0.258. The van der Waals surface area contributed by atoms with E-state index in [2.05, 4.69) is 11.1 Å². The monoisotopic (exact) mass is 342 g/mol. The summed E-state index contributed by atoms with van der Waals surface area (Å²) in [6.07, 6.45) is 2.18. The van der Waals surface area contributed by atoms with Gasteiger partial charge in [0.15, 0.2) is 10.6 Å². The second-order valence-electron chi connectivity index (χ2n) is 4.97. The van der Waals surface area contributed by atoms with Gasteiger partial charge in [0.25, 0.3) is 0 Å². The largest absolute Gasteiger partial charge is 0.495 e. The zero-order valence-corrected chi connectivity index (χ0v) is 14.4. The lowest BCUT2D eigenvalue weighted by atomic mass is 10.1. The predicted octanol–water partition coefficient (Wildman–Crippen LogP) is 3.45. The molecule has 0 amide bonds. The van der Waals surface area contributed by atoms with Crippen LogP contribution in [0.3, 0.4) is 0 Å². The van der Waals surface area contributed by atoms with Gasteiger partial charge in [-0.25, -0.2) is 4.98 Å². The third kappa shape index (κ3) is 4.67. The van der Waals surface area contributed by atoms with Gasteiger partial charge in [-0.1, -0.05) is 30.3 Å². The molecule has 0 fully saturated rings. The van der Waals surface area contributed by atoms with Crippen LogP contribution >= 0.6 is 12.2 Å². The van der Waals surface area contributed by atoms with Crippen LogP contribution in [0.1, 0.15) is 23.6 Å². The summed E-state index contributed by atoms with van der Waals surface area (Å²) in [4.78, 5) is 4.26. The van der Waals surface area contributed by atoms with Crippen molar-refractivity contribution in [3.05, 3.63) is 53.2 Å². The van der Waals surface area contributed by atoms with E-state index in [1.165, 1.54) is 7.11 Å². The Balaban J connectivity index is 2.17. The van der Waals surface area contributed by atoms with E-state index in [4.69, 9.17) is 26.4 Å². The van der Waals surface area contributed by atoms with Gasteiger partial charge < -0.3 is 14.2 Å². The third-order valence-corrected chi connectivity index (χ3v) is 3.40. The predicted molar refractivity (Wildman–Crippen MR) is 94.2 cm³/mol. The number of pyridine rings is 1. The second-order valence-corrected chi connectivity index (χ2v) is 5.55. The van der Waals surface area contributed by atoms with Crippen molar-refractivity contribution >= 4 is 17.3 Å². The summed E-state index contributed by atoms with van der Waals surface area (Å²) in [5.41, 5.74) is 2.05. The van der Waals surface area contributed by atoms with Crippen LogP contribution in [0.4, 0.5) is 0 Å². The van der Waals surface area contributed by atoms with Gasteiger partial charge in [-0.05, 0) is 17.8 Å². The lowest BCUT2D eigenvalue weighted by Gasteiger charge is -2.13. The Hall–Kier alpha value is -2.65. The zero-order valence-electron chi connectivity index (χ0n) is 13.6. The smallest absolute Gasteiger partial charge is 0.235 e. The van der Waals surface area contributed by atoms with E-state index in [1.807, 2.05) is 30.3 Å². The van der Waals surface area contributed by atoms with Gasteiger partial charge in [-0.2, -0.15) is 5.26 Å². The molecule has 1 aromatic carbocycles. The van der Waals surface area contributed by atoms with Crippen LogP contribution < -0.4 is 9.47 Å². The molecule has 1 heterocycles. The number of hydrogen-bond donors (Lipinski definition) is 0. The number of methoxy groups -OCH3 is 1. The summed E-state index contributed by atoms with van der Waals surface area (Å²) in [5.74, 6) is 0.718. The molecule has 0 aliphatic rings. The van der Waals surface area contributed by atoms with Crippen molar-refractivity contribution in [1.82, 2.24) is 4.98 Å². The molecule has 0 N–H and O–H groups in total. The van der Waals surface area contributed by atoms with Gasteiger partial charge in [0.1, 0.15) is 18.4 Å². The second kappa shape index (κ2) is 8.85. The molecule has 124 valence electrons. The maximum absolute atomic E-state index is 9.46. The number of rotatable bonds is 7. The molecule has 1 aromatic heterocycles. The fraction of sp³-hybridized carbons (Fsp3) is 0.278. The highest BCUT2D eigenvalue weighted by atomic mass is 32.1. The summed E-state index contributed by atoms with van der Waals surface area (Å²) in [6, 6.07) is 11.8. The fourth-order valence-corrected chi connectivity index (χ4v) is 2.25. The van der Waals surface area contributed by atoms with Crippen molar-refractivity contribution in [2.45, 2.75) is 20.0 Å². The summed E-state index contributed by atoms with van der Waals surface area (Å²) < 4.78 is 16.4. The van der Waals surface area contributed by atoms with E-state index in [-0.39, 0.29) is 11.4 Å². The summed E-state index contributed by atoms with van der Waals surface area (Å²) in [6.45, 7) is 2.45. The quantitative estimate of drug-likeness (QED) is 0.718. The number of hydrogen-bond acceptors (Lipinski definition) is 6. The van der Waals surface area contributed by atoms with E-state index in [1.54, 1.807) is 13.1 Å². The fourth-order valence-electron chi connectivity index (χ4n) is 2.17. The van der Waals surface area contributed by atoms with Crippen molar-refractivity contribution in [3.8, 4) is 17.7 Å². The Morgan fingerprint density at radius 1 is 1.29 bits per heavy atom. The lowest BCUT2D eigenvalue weighted by molar-refractivity contribution is 0.287. The molecule has 0 radical (unpaired) electrons. The Labute approximate surface area is 146 Å². The molecule has 0 aliphatic heterocycles. The molecule has 2 rings (SSSR count). The maximum atomic E-state index is 9.46. The number of nitrogens with zero attached hydrogens (tertiary/aromatic N) is 2. The van der Waals surface area contributed by atoms with Gasteiger partial charge in [-0.3, -0.25) is 0 Å². The highest BCUT2D eigenvalue weighted by molar-refractivity contribution is 7.80. The van der Waals surface area contributed by atoms with Crippen molar-refractivity contribution in [1.29, 1.82) is 5.26 Å². The van der Waals surface area contributed by atoms with E-state index in [0.29, 0.717) is 30.4 Å². The van der Waals surface area contributed by atoms with E-state index < -0.39 is 0 Å². The molecule has 0 saturated carbocycles. The van der Waals surface area contributed by atoms with Crippen LogP contribution in [0.5, 0.6) is 11.6 Å². The molecular formula is C18H18N2O3S. The molecule has 2 aromatic rings. The molecule has 0 spiro atoms. The summed E-state index contributed by atoms with van der Waals surface area (Å²) in [5, 5.41) is 9.94. The summed E-state index contributed by atoms with van der Waals surface area (Å²) >= 11 is 4.88. The normalized spacial score (nSPS) is 9.88. The Morgan fingerprint density at radius 2 is 2.04 bits per heavy atom. The van der Waals surface area contributed by atoms with E-state index >= 15 is 0 Å². The first-order chi connectivity index (χ1) is 11.7. The van der Waals surface area contributed by atoms with Crippen LogP contribution in [-0.2, 0) is 17.8 Å². The summed E-state index contributed by atoms with van der Waals surface area (Å²) in [7, 11) is 1.52. The Morgan fingerprint density at radius 3 is 2.67 bits per heavy atom. The molecule has 0 saturated heterocycles. The van der Waals surface area contributed by atoms with Gasteiger partial charge in [0.05, 0.1) is 13.7 Å². The van der Waals surface area contributed by atoms with Crippen LogP contribution in [-0.4, -0.2) is 23.8 Å². The SMILES string of the molecule is COc1c(CCOC(C)=S)cnc(OCc2ccccc2)c1C#N. The highest BCUT2D eigenvalue weighted by Crippen LogP contribution is 2.30. The molecule has 0 atom stereocenters. The Kier molecular flexibility index (Phi) is 6.52. The first kappa shape index (κ1) is 17.7. The number of thiocarbonyl (C=S) groups is 1. The maximum Gasteiger partial charge on any atom is 0.235 e. The minimum absolute atomic E-state index is 0.258. The molecule has 0 unspecified atom stereocenters. The number of benzene rings is 1. The average molecular weight is 342 g/mol. The van der Waals surface area contributed by atoms with Gasteiger partial charge in [0.2, 0.25) is 5.88 Å². The zero-order chi connectivity index (χ0) is 17.4. The van der Waals surface area contributed by atoms with Crippen LogP contribution in [0.2, 0.25) is 0 Å². The molecule has 24 heavy (non-hydrogen) atoms. The van der Waals surface area contributed by atoms with Gasteiger partial charge in [-0.15, -0.1) is 0 Å². The first-order valence-corrected chi connectivity index (χ1v) is 7.82. The van der Waals surface area contributed by atoms with Gasteiger partial charge >= 0.3 is 0 Å². The van der Waals surface area contributed by atoms with E-state index in [9.17, 15) is 5.26 Å². The topological polar surface area (TPSA) is 64.4 Å². The first-order valence-electron chi connectivity index (χ1n) is 7.41. The van der Waals surface area contributed by atoms with Crippen LogP contribution in [0.15, 0.2) is 36.5 Å². The molecule has 5 nitrogen and oxygen atoms in total. The number of aromatic nitrogens is 1. The third-order valence-electron chi connectivity index (χ3n) is 3.28. The lowest BCUT2D eigenvalue weighted by Crippen LogP contribution is -2.07. The number of nitriles is 1. The highest BCUT2D eigenvalue weighted by Gasteiger charge is 2.17. The Bertz CT molecular complexity index is 742. The van der Waals surface area contributed by atoms with Crippen molar-refractivity contribution < 1.29 is 14.2 Å². The molecule has 0 aliphatic carbocycles. The average Bonchev–Trinajstić information content (AvgIpc) is 2.60. The van der Waals surface area contributed by atoms with Crippen molar-refractivity contribution in [2.24, 2.45) is 0 Å². The molecular weight excluding hydrogens is 324 g/mol. The van der Waals surface area contributed by atoms with Crippen molar-refractivity contribution in [2.75, 3.05) is 13.7 Å². The number of ether oxygens (including phenoxy) is 3. The van der Waals surface area contributed by atoms with Crippen LogP contribution in [0, 0.1) is 11.3 Å².